The van der Waals surface area contributed by atoms with Crippen molar-refractivity contribution in [3.8, 4) is 0 Å². The lowest BCUT2D eigenvalue weighted by Gasteiger charge is -2.21. The minimum absolute atomic E-state index is 0.324. The van der Waals surface area contributed by atoms with Crippen LogP contribution in [0.25, 0.3) is 0 Å². The van der Waals surface area contributed by atoms with Crippen molar-refractivity contribution in [3.05, 3.63) is 72.4 Å². The van der Waals surface area contributed by atoms with Gasteiger partial charge in [-0.05, 0) is 56.3 Å². The maximum atomic E-state index is 11.7. The monoisotopic (exact) mass is 362 g/mol. The third-order valence-corrected chi connectivity index (χ3v) is 3.94. The van der Waals surface area contributed by atoms with E-state index >= 15 is 0 Å². The molecule has 6 heteroatoms. The van der Waals surface area contributed by atoms with Crippen molar-refractivity contribution in [2.75, 3.05) is 23.4 Å². The maximum Gasteiger partial charge on any atom is 0.338 e. The summed E-state index contributed by atoms with van der Waals surface area (Å²) in [6.07, 6.45) is 1.73. The molecule has 0 fully saturated rings. The highest BCUT2D eigenvalue weighted by atomic mass is 16.5. The van der Waals surface area contributed by atoms with Crippen molar-refractivity contribution in [2.24, 2.45) is 0 Å². The molecule has 0 unspecified atom stereocenters. The van der Waals surface area contributed by atoms with E-state index in [1.807, 2.05) is 53.4 Å². The predicted octanol–water partition coefficient (Wildman–Crippen LogP) is 4.55. The Bertz CT molecular complexity index is 882. The molecular weight excluding hydrogens is 340 g/mol. The normalized spacial score (nSPS) is 10.3. The molecule has 0 aliphatic carbocycles. The molecule has 0 spiro atoms. The molecule has 1 aromatic heterocycles. The van der Waals surface area contributed by atoms with Crippen LogP contribution in [0.15, 0.2) is 66.9 Å². The van der Waals surface area contributed by atoms with Gasteiger partial charge in [0.1, 0.15) is 5.82 Å². The minimum Gasteiger partial charge on any atom is -0.462 e. The second kappa shape index (κ2) is 8.80. The summed E-state index contributed by atoms with van der Waals surface area (Å²) in [5.74, 6) is 0.977. The third-order valence-electron chi connectivity index (χ3n) is 3.94. The number of nitrogens with zero attached hydrogens (tertiary/aromatic N) is 3. The van der Waals surface area contributed by atoms with Gasteiger partial charge in [0.25, 0.3) is 0 Å². The molecular formula is C21H22N4O2. The summed E-state index contributed by atoms with van der Waals surface area (Å²) in [5.41, 5.74) is 2.39. The first-order chi connectivity index (χ1) is 13.2. The molecule has 0 atom stereocenters. The van der Waals surface area contributed by atoms with Crippen LogP contribution in [0.3, 0.4) is 0 Å². The van der Waals surface area contributed by atoms with Crippen LogP contribution >= 0.6 is 0 Å². The van der Waals surface area contributed by atoms with Gasteiger partial charge in [-0.3, -0.25) is 0 Å². The molecule has 1 N–H and O–H groups in total. The van der Waals surface area contributed by atoms with Gasteiger partial charge in [-0.15, -0.1) is 0 Å². The van der Waals surface area contributed by atoms with Gasteiger partial charge in [0.05, 0.1) is 12.2 Å². The number of carbonyl (C=O) groups is 1. The Balaban J connectivity index is 1.77. The third kappa shape index (κ3) is 4.61. The Morgan fingerprint density at radius 2 is 1.78 bits per heavy atom. The van der Waals surface area contributed by atoms with Gasteiger partial charge in [-0.25, -0.2) is 9.78 Å². The van der Waals surface area contributed by atoms with Crippen LogP contribution in [0.2, 0.25) is 0 Å². The van der Waals surface area contributed by atoms with Gasteiger partial charge in [0.2, 0.25) is 5.95 Å². The number of aromatic nitrogens is 2. The number of rotatable bonds is 7. The van der Waals surface area contributed by atoms with E-state index in [-0.39, 0.29) is 5.97 Å². The highest BCUT2D eigenvalue weighted by molar-refractivity contribution is 5.89. The van der Waals surface area contributed by atoms with E-state index in [0.717, 1.165) is 17.9 Å². The smallest absolute Gasteiger partial charge is 0.338 e. The molecule has 6 nitrogen and oxygen atoms in total. The number of anilines is 4. The number of hydrogen-bond donors (Lipinski definition) is 1. The van der Waals surface area contributed by atoms with Crippen LogP contribution in [0, 0.1) is 0 Å². The fourth-order valence-electron chi connectivity index (χ4n) is 2.65. The summed E-state index contributed by atoms with van der Waals surface area (Å²) in [6.45, 7) is 4.96. The summed E-state index contributed by atoms with van der Waals surface area (Å²) in [7, 11) is 0. The lowest BCUT2D eigenvalue weighted by atomic mass is 10.2. The first kappa shape index (κ1) is 18.4. The van der Waals surface area contributed by atoms with E-state index in [9.17, 15) is 4.79 Å². The van der Waals surface area contributed by atoms with Crippen LogP contribution in [0.4, 0.5) is 23.1 Å². The average Bonchev–Trinajstić information content (AvgIpc) is 2.70. The molecule has 0 radical (unpaired) electrons. The number of carbonyl (C=O) groups excluding carboxylic acids is 1. The Morgan fingerprint density at radius 3 is 2.44 bits per heavy atom. The molecule has 138 valence electrons. The van der Waals surface area contributed by atoms with Crippen molar-refractivity contribution in [3.63, 3.8) is 0 Å². The zero-order chi connectivity index (χ0) is 19.1. The first-order valence-electron chi connectivity index (χ1n) is 8.91. The Kier molecular flexibility index (Phi) is 5.99. The van der Waals surface area contributed by atoms with Crippen LogP contribution < -0.4 is 10.2 Å². The summed E-state index contributed by atoms with van der Waals surface area (Å²) < 4.78 is 5.00. The maximum absolute atomic E-state index is 11.7. The van der Waals surface area contributed by atoms with E-state index in [1.165, 1.54) is 0 Å². The number of hydrogen-bond acceptors (Lipinski definition) is 6. The van der Waals surface area contributed by atoms with Crippen molar-refractivity contribution < 1.29 is 9.53 Å². The quantitative estimate of drug-likeness (QED) is 0.622. The van der Waals surface area contributed by atoms with E-state index in [4.69, 9.17) is 4.74 Å². The Morgan fingerprint density at radius 1 is 1.04 bits per heavy atom. The second-order valence-corrected chi connectivity index (χ2v) is 5.74. The molecule has 3 rings (SSSR count). The highest BCUT2D eigenvalue weighted by Crippen LogP contribution is 2.23. The van der Waals surface area contributed by atoms with Gasteiger partial charge in [-0.2, -0.15) is 4.98 Å². The Hall–Kier alpha value is -3.41. The largest absolute Gasteiger partial charge is 0.462 e. The predicted molar refractivity (Wildman–Crippen MR) is 107 cm³/mol. The molecule has 0 amide bonds. The molecule has 3 aromatic rings. The highest BCUT2D eigenvalue weighted by Gasteiger charge is 2.11. The molecule has 2 aromatic carbocycles. The van der Waals surface area contributed by atoms with Crippen molar-refractivity contribution >= 4 is 29.1 Å². The Labute approximate surface area is 158 Å². The molecule has 0 saturated heterocycles. The summed E-state index contributed by atoms with van der Waals surface area (Å²) in [6, 6.07) is 18.9. The summed E-state index contributed by atoms with van der Waals surface area (Å²) in [4.78, 5) is 22.8. The van der Waals surface area contributed by atoms with Crippen LogP contribution in [-0.4, -0.2) is 29.1 Å². The molecule has 0 saturated carbocycles. The van der Waals surface area contributed by atoms with E-state index in [1.54, 1.807) is 25.3 Å². The van der Waals surface area contributed by atoms with E-state index in [0.29, 0.717) is 23.9 Å². The summed E-state index contributed by atoms with van der Waals surface area (Å²) in [5, 5.41) is 3.24. The second-order valence-electron chi connectivity index (χ2n) is 5.74. The number of para-hydroxylation sites is 1. The van der Waals surface area contributed by atoms with Gasteiger partial charge in [-0.1, -0.05) is 18.2 Å². The van der Waals surface area contributed by atoms with Crippen molar-refractivity contribution in [1.29, 1.82) is 0 Å². The zero-order valence-corrected chi connectivity index (χ0v) is 15.4. The zero-order valence-electron chi connectivity index (χ0n) is 15.4. The number of esters is 1. The van der Waals surface area contributed by atoms with Gasteiger partial charge >= 0.3 is 5.97 Å². The van der Waals surface area contributed by atoms with E-state index in [2.05, 4.69) is 22.2 Å². The number of benzene rings is 2. The van der Waals surface area contributed by atoms with Crippen LogP contribution in [0.5, 0.6) is 0 Å². The fourth-order valence-corrected chi connectivity index (χ4v) is 2.65. The van der Waals surface area contributed by atoms with Gasteiger partial charge in [0, 0.05) is 24.1 Å². The lowest BCUT2D eigenvalue weighted by molar-refractivity contribution is 0.0526. The fraction of sp³-hybridized carbons (Fsp3) is 0.190. The SMILES string of the molecule is CCOC(=O)c1ccc(Nc2ccnc(N(CC)c3ccccc3)n2)cc1. The first-order valence-corrected chi connectivity index (χ1v) is 8.91. The molecule has 0 aliphatic heterocycles. The molecule has 0 aliphatic rings. The molecule has 0 bridgehead atoms. The lowest BCUT2D eigenvalue weighted by Crippen LogP contribution is -2.18. The molecule has 1 heterocycles. The van der Waals surface area contributed by atoms with Crippen LogP contribution in [0.1, 0.15) is 24.2 Å². The van der Waals surface area contributed by atoms with Gasteiger partial charge < -0.3 is 15.0 Å². The van der Waals surface area contributed by atoms with Crippen molar-refractivity contribution in [1.82, 2.24) is 9.97 Å². The number of ether oxygens (including phenoxy) is 1. The summed E-state index contributed by atoms with van der Waals surface area (Å²) >= 11 is 0. The van der Waals surface area contributed by atoms with Crippen LogP contribution in [-0.2, 0) is 4.74 Å². The van der Waals surface area contributed by atoms with Gasteiger partial charge in [0.15, 0.2) is 0 Å². The standard InChI is InChI=1S/C21H22N4O2/c1-3-25(18-8-6-5-7-9-18)21-22-15-14-19(24-21)23-17-12-10-16(11-13-17)20(26)27-4-2/h5-15H,3-4H2,1-2H3,(H,22,23,24). The number of nitrogens with one attached hydrogen (secondary N) is 1. The average molecular weight is 362 g/mol. The van der Waals surface area contributed by atoms with Crippen molar-refractivity contribution in [2.45, 2.75) is 13.8 Å². The van der Waals surface area contributed by atoms with E-state index < -0.39 is 0 Å². The topological polar surface area (TPSA) is 67.3 Å². The molecule has 27 heavy (non-hydrogen) atoms. The minimum atomic E-state index is -0.324.